The van der Waals surface area contributed by atoms with Gasteiger partial charge in [-0.15, -0.1) is 11.3 Å². The molecule has 0 aliphatic carbocycles. The Hall–Kier alpha value is -2.24. The van der Waals surface area contributed by atoms with Crippen LogP contribution in [-0.2, 0) is 10.0 Å². The van der Waals surface area contributed by atoms with E-state index in [2.05, 4.69) is 15.1 Å². The van der Waals surface area contributed by atoms with Crippen molar-refractivity contribution >= 4 is 37.9 Å². The number of anilines is 2. The second-order valence-electron chi connectivity index (χ2n) is 3.52. The van der Waals surface area contributed by atoms with Crippen molar-refractivity contribution in [2.45, 2.75) is 4.90 Å². The zero-order valence-corrected chi connectivity index (χ0v) is 11.4. The van der Waals surface area contributed by atoms with Crippen LogP contribution in [0.4, 0.5) is 16.5 Å². The molecule has 0 amide bonds. The molecule has 2 aromatic rings. The summed E-state index contributed by atoms with van der Waals surface area (Å²) >= 11 is 1.10. The quantitative estimate of drug-likeness (QED) is 0.427. The van der Waals surface area contributed by atoms with E-state index in [1.54, 1.807) is 5.38 Å². The van der Waals surface area contributed by atoms with Crippen molar-refractivity contribution in [1.29, 1.82) is 0 Å². The standard InChI is InChI=1S/C9H9N5O4S2/c10-12-7-5-6(14(15)16)1-2-8(7)20(17,18)13-9-11-3-4-19-9/h1-5,12H,10H2,(H,11,13). The number of nitro benzene ring substituents is 1. The SMILES string of the molecule is NNc1cc([N+](=O)[O-])ccc1S(=O)(=O)Nc1nccs1. The van der Waals surface area contributed by atoms with Gasteiger partial charge in [-0.3, -0.25) is 20.7 Å². The second kappa shape index (κ2) is 5.40. The number of aromatic nitrogens is 1. The van der Waals surface area contributed by atoms with Gasteiger partial charge in [0.1, 0.15) is 4.90 Å². The Morgan fingerprint density at radius 2 is 2.15 bits per heavy atom. The molecule has 0 saturated heterocycles. The van der Waals surface area contributed by atoms with Crippen LogP contribution in [-0.4, -0.2) is 18.3 Å². The minimum Gasteiger partial charge on any atom is -0.323 e. The fraction of sp³-hybridized carbons (Fsp3) is 0. The summed E-state index contributed by atoms with van der Waals surface area (Å²) in [6, 6.07) is 3.22. The average molecular weight is 315 g/mol. The van der Waals surface area contributed by atoms with Crippen LogP contribution in [0, 0.1) is 10.1 Å². The normalized spacial score (nSPS) is 11.1. The summed E-state index contributed by atoms with van der Waals surface area (Å²) in [7, 11) is -3.94. The van der Waals surface area contributed by atoms with E-state index >= 15 is 0 Å². The average Bonchev–Trinajstić information content (AvgIpc) is 2.89. The lowest BCUT2D eigenvalue weighted by atomic mass is 10.3. The molecule has 0 bridgehead atoms. The van der Waals surface area contributed by atoms with Crippen molar-refractivity contribution in [2.75, 3.05) is 10.1 Å². The smallest absolute Gasteiger partial charge is 0.271 e. The van der Waals surface area contributed by atoms with Gasteiger partial charge in [-0.25, -0.2) is 13.4 Å². The summed E-state index contributed by atoms with van der Waals surface area (Å²) in [6.07, 6.45) is 1.44. The highest BCUT2D eigenvalue weighted by atomic mass is 32.2. The summed E-state index contributed by atoms with van der Waals surface area (Å²) in [5.41, 5.74) is 1.78. The van der Waals surface area contributed by atoms with Gasteiger partial charge in [-0.2, -0.15) is 0 Å². The number of hydrazine groups is 1. The molecule has 1 heterocycles. The molecule has 0 atom stereocenters. The summed E-state index contributed by atoms with van der Waals surface area (Å²) in [5.74, 6) is 5.21. The highest BCUT2D eigenvalue weighted by molar-refractivity contribution is 7.93. The van der Waals surface area contributed by atoms with Crippen LogP contribution in [0.2, 0.25) is 0 Å². The van der Waals surface area contributed by atoms with Crippen LogP contribution < -0.4 is 16.0 Å². The van der Waals surface area contributed by atoms with Gasteiger partial charge in [0.05, 0.1) is 10.6 Å². The molecule has 4 N–H and O–H groups in total. The van der Waals surface area contributed by atoms with Gasteiger partial charge in [-0.05, 0) is 6.07 Å². The number of benzene rings is 1. The highest BCUT2D eigenvalue weighted by Gasteiger charge is 2.22. The fourth-order valence-electron chi connectivity index (χ4n) is 1.42. The van der Waals surface area contributed by atoms with Gasteiger partial charge in [0.25, 0.3) is 15.7 Å². The molecule has 9 nitrogen and oxygen atoms in total. The van der Waals surface area contributed by atoms with Crippen LogP contribution in [0.15, 0.2) is 34.7 Å². The van der Waals surface area contributed by atoms with Gasteiger partial charge >= 0.3 is 0 Å². The first-order valence-electron chi connectivity index (χ1n) is 5.11. The third-order valence-corrected chi connectivity index (χ3v) is 4.49. The number of thiazole rings is 1. The molecule has 0 aliphatic heterocycles. The Morgan fingerprint density at radius 1 is 1.40 bits per heavy atom. The van der Waals surface area contributed by atoms with Crippen molar-refractivity contribution in [2.24, 2.45) is 5.84 Å². The summed E-state index contributed by atoms with van der Waals surface area (Å²) in [5, 5.41) is 12.4. The Kier molecular flexibility index (Phi) is 3.83. The van der Waals surface area contributed by atoms with E-state index in [1.165, 1.54) is 6.20 Å². The zero-order valence-electron chi connectivity index (χ0n) is 9.81. The maximum absolute atomic E-state index is 12.2. The largest absolute Gasteiger partial charge is 0.323 e. The number of nitrogens with zero attached hydrogens (tertiary/aromatic N) is 2. The van der Waals surface area contributed by atoms with Crippen LogP contribution in [0.5, 0.6) is 0 Å². The van der Waals surface area contributed by atoms with Crippen LogP contribution in [0.25, 0.3) is 0 Å². The van der Waals surface area contributed by atoms with E-state index in [9.17, 15) is 18.5 Å². The lowest BCUT2D eigenvalue weighted by molar-refractivity contribution is -0.384. The first-order valence-corrected chi connectivity index (χ1v) is 7.47. The molecule has 0 aliphatic rings. The summed E-state index contributed by atoms with van der Waals surface area (Å²) < 4.78 is 26.6. The van der Waals surface area contributed by atoms with Gasteiger partial charge in [0, 0.05) is 23.7 Å². The van der Waals surface area contributed by atoms with Gasteiger partial charge in [0.15, 0.2) is 5.13 Å². The molecule has 0 spiro atoms. The number of hydrogen-bond donors (Lipinski definition) is 3. The van der Waals surface area contributed by atoms with Crippen molar-refractivity contribution in [3.05, 3.63) is 39.9 Å². The Morgan fingerprint density at radius 3 is 2.70 bits per heavy atom. The minimum atomic E-state index is -3.94. The molecule has 1 aromatic carbocycles. The number of nitrogens with two attached hydrogens (primary N) is 1. The van der Waals surface area contributed by atoms with Crippen LogP contribution in [0.1, 0.15) is 0 Å². The summed E-state index contributed by atoms with van der Waals surface area (Å²) in [4.78, 5) is 13.6. The molecular weight excluding hydrogens is 306 g/mol. The fourth-order valence-corrected chi connectivity index (χ4v) is 3.36. The maximum Gasteiger partial charge on any atom is 0.271 e. The predicted octanol–water partition coefficient (Wildman–Crippen LogP) is 1.14. The van der Waals surface area contributed by atoms with E-state index in [0.29, 0.717) is 0 Å². The van der Waals surface area contributed by atoms with E-state index < -0.39 is 14.9 Å². The van der Waals surface area contributed by atoms with Crippen molar-refractivity contribution < 1.29 is 13.3 Å². The third kappa shape index (κ3) is 2.84. The van der Waals surface area contributed by atoms with Crippen molar-refractivity contribution in [3.8, 4) is 0 Å². The minimum absolute atomic E-state index is 0.0803. The lowest BCUT2D eigenvalue weighted by Gasteiger charge is -2.10. The molecule has 0 radical (unpaired) electrons. The van der Waals surface area contributed by atoms with Gasteiger partial charge in [0.2, 0.25) is 0 Å². The second-order valence-corrected chi connectivity index (χ2v) is 6.07. The molecule has 1 aromatic heterocycles. The number of nitro groups is 1. The number of nitrogen functional groups attached to an aromatic ring is 1. The number of sulfonamides is 1. The molecule has 0 unspecified atom stereocenters. The monoisotopic (exact) mass is 315 g/mol. The molecular formula is C9H9N5O4S2. The zero-order chi connectivity index (χ0) is 14.8. The first kappa shape index (κ1) is 14.2. The molecule has 106 valence electrons. The van der Waals surface area contributed by atoms with Gasteiger partial charge < -0.3 is 5.43 Å². The van der Waals surface area contributed by atoms with Crippen LogP contribution in [0.3, 0.4) is 0 Å². The van der Waals surface area contributed by atoms with Crippen molar-refractivity contribution in [1.82, 2.24) is 4.98 Å². The van der Waals surface area contributed by atoms with Crippen LogP contribution >= 0.6 is 11.3 Å². The Bertz CT molecular complexity index is 729. The van der Waals surface area contributed by atoms with Gasteiger partial charge in [-0.1, -0.05) is 0 Å². The van der Waals surface area contributed by atoms with E-state index in [4.69, 9.17) is 5.84 Å². The third-order valence-electron chi connectivity index (χ3n) is 2.27. The number of hydrogen-bond acceptors (Lipinski definition) is 8. The molecule has 0 saturated carbocycles. The Labute approximate surface area is 117 Å². The molecule has 2 rings (SSSR count). The Balaban J connectivity index is 2.43. The number of rotatable bonds is 5. The summed E-state index contributed by atoms with van der Waals surface area (Å²) in [6.45, 7) is 0. The number of nitrogens with one attached hydrogen (secondary N) is 2. The van der Waals surface area contributed by atoms with E-state index in [1.807, 2.05) is 0 Å². The predicted molar refractivity (Wildman–Crippen MR) is 73.8 cm³/mol. The molecule has 11 heteroatoms. The van der Waals surface area contributed by atoms with Crippen molar-refractivity contribution in [3.63, 3.8) is 0 Å². The highest BCUT2D eigenvalue weighted by Crippen LogP contribution is 2.27. The first-order chi connectivity index (χ1) is 9.44. The molecule has 0 fully saturated rings. The maximum atomic E-state index is 12.2. The lowest BCUT2D eigenvalue weighted by Crippen LogP contribution is -2.17. The van der Waals surface area contributed by atoms with E-state index in [0.717, 1.165) is 29.5 Å². The topological polar surface area (TPSA) is 140 Å². The molecule has 20 heavy (non-hydrogen) atoms. The van der Waals surface area contributed by atoms with E-state index in [-0.39, 0.29) is 21.4 Å². The number of non-ortho nitro benzene ring substituents is 1.